The first-order valence-corrected chi connectivity index (χ1v) is 7.91. The summed E-state index contributed by atoms with van der Waals surface area (Å²) in [6.45, 7) is -0.0284. The Balaban J connectivity index is 1.94. The number of nitrogens with one attached hydrogen (secondary N) is 1. The molecule has 2 aromatic rings. The van der Waals surface area contributed by atoms with Crippen LogP contribution < -0.4 is 24.3 Å². The van der Waals surface area contributed by atoms with E-state index < -0.39 is 4.92 Å². The molecule has 0 atom stereocenters. The Labute approximate surface area is 155 Å². The Morgan fingerprint density at radius 1 is 1.00 bits per heavy atom. The third-order valence-electron chi connectivity index (χ3n) is 3.68. The molecule has 1 N–H and O–H groups in total. The van der Waals surface area contributed by atoms with Crippen LogP contribution in [0.25, 0.3) is 0 Å². The van der Waals surface area contributed by atoms with Crippen molar-refractivity contribution in [2.24, 2.45) is 0 Å². The molecule has 0 unspecified atom stereocenters. The van der Waals surface area contributed by atoms with Crippen LogP contribution in [-0.4, -0.2) is 38.8 Å². The van der Waals surface area contributed by atoms with Crippen molar-refractivity contribution in [2.45, 2.75) is 6.54 Å². The molecule has 1 amide bonds. The third-order valence-corrected chi connectivity index (χ3v) is 3.68. The van der Waals surface area contributed by atoms with E-state index in [0.717, 1.165) is 0 Å². The highest BCUT2D eigenvalue weighted by atomic mass is 16.6. The molecule has 2 rings (SSSR count). The Kier molecular flexibility index (Phi) is 6.81. The molecule has 0 bridgehead atoms. The number of non-ortho nitro benzene ring substituents is 1. The standard InChI is InChI=1S/C18H20N2O7/c1-24-15-9-17(26-3)16(25-2)8-12(15)10-19-18(21)11-27-14-6-4-13(5-7-14)20(22)23/h4-9H,10-11H2,1-3H3,(H,19,21). The van der Waals surface area contributed by atoms with Crippen LogP contribution in [0.15, 0.2) is 36.4 Å². The number of ether oxygens (including phenoxy) is 4. The second kappa shape index (κ2) is 9.27. The summed E-state index contributed by atoms with van der Waals surface area (Å²) in [5.74, 6) is 1.59. The van der Waals surface area contributed by atoms with Crippen molar-refractivity contribution in [1.29, 1.82) is 0 Å². The van der Waals surface area contributed by atoms with Crippen molar-refractivity contribution in [2.75, 3.05) is 27.9 Å². The number of nitro benzene ring substituents is 1. The van der Waals surface area contributed by atoms with E-state index in [2.05, 4.69) is 5.32 Å². The van der Waals surface area contributed by atoms with Crippen LogP contribution in [0.2, 0.25) is 0 Å². The fourth-order valence-corrected chi connectivity index (χ4v) is 2.29. The van der Waals surface area contributed by atoms with Gasteiger partial charge in [-0.2, -0.15) is 0 Å². The second-order valence-corrected chi connectivity index (χ2v) is 5.34. The summed E-state index contributed by atoms with van der Waals surface area (Å²) in [4.78, 5) is 22.1. The molecular formula is C18H20N2O7. The Morgan fingerprint density at radius 3 is 2.15 bits per heavy atom. The molecule has 0 aliphatic heterocycles. The van der Waals surface area contributed by atoms with E-state index >= 15 is 0 Å². The summed E-state index contributed by atoms with van der Waals surface area (Å²) in [7, 11) is 4.56. The van der Waals surface area contributed by atoms with E-state index in [-0.39, 0.29) is 24.7 Å². The molecule has 0 saturated carbocycles. The first kappa shape index (κ1) is 19.8. The van der Waals surface area contributed by atoms with E-state index in [4.69, 9.17) is 18.9 Å². The van der Waals surface area contributed by atoms with E-state index in [0.29, 0.717) is 28.6 Å². The van der Waals surface area contributed by atoms with Gasteiger partial charge in [-0.3, -0.25) is 14.9 Å². The summed E-state index contributed by atoms with van der Waals surface area (Å²) < 4.78 is 21.1. The van der Waals surface area contributed by atoms with Crippen LogP contribution in [0.3, 0.4) is 0 Å². The number of amides is 1. The maximum Gasteiger partial charge on any atom is 0.269 e. The van der Waals surface area contributed by atoms with Crippen LogP contribution in [0, 0.1) is 10.1 Å². The highest BCUT2D eigenvalue weighted by Gasteiger charge is 2.13. The van der Waals surface area contributed by atoms with Crippen molar-refractivity contribution in [3.05, 3.63) is 52.1 Å². The third kappa shape index (κ3) is 5.24. The highest BCUT2D eigenvalue weighted by molar-refractivity contribution is 5.77. The Hall–Kier alpha value is -3.49. The van der Waals surface area contributed by atoms with Gasteiger partial charge in [0, 0.05) is 30.3 Å². The second-order valence-electron chi connectivity index (χ2n) is 5.34. The Bertz CT molecular complexity index is 806. The van der Waals surface area contributed by atoms with E-state index in [9.17, 15) is 14.9 Å². The van der Waals surface area contributed by atoms with Gasteiger partial charge in [-0.15, -0.1) is 0 Å². The average Bonchev–Trinajstić information content (AvgIpc) is 2.70. The number of hydrogen-bond donors (Lipinski definition) is 1. The number of benzene rings is 2. The minimum Gasteiger partial charge on any atom is -0.496 e. The fourth-order valence-electron chi connectivity index (χ4n) is 2.29. The lowest BCUT2D eigenvalue weighted by atomic mass is 10.1. The van der Waals surface area contributed by atoms with Crippen molar-refractivity contribution < 1.29 is 28.7 Å². The lowest BCUT2D eigenvalue weighted by Crippen LogP contribution is -2.28. The number of carbonyl (C=O) groups excluding carboxylic acids is 1. The number of carbonyl (C=O) groups is 1. The van der Waals surface area contributed by atoms with Gasteiger partial charge in [0.25, 0.3) is 11.6 Å². The average molecular weight is 376 g/mol. The van der Waals surface area contributed by atoms with Crippen molar-refractivity contribution in [3.63, 3.8) is 0 Å². The molecule has 144 valence electrons. The van der Waals surface area contributed by atoms with Crippen molar-refractivity contribution in [3.8, 4) is 23.0 Å². The largest absolute Gasteiger partial charge is 0.496 e. The minimum absolute atomic E-state index is 0.0488. The molecule has 0 fully saturated rings. The predicted molar refractivity (Wildman–Crippen MR) is 96.5 cm³/mol. The van der Waals surface area contributed by atoms with Crippen LogP contribution in [0.5, 0.6) is 23.0 Å². The first-order chi connectivity index (χ1) is 13.0. The molecule has 0 heterocycles. The topological polar surface area (TPSA) is 109 Å². The molecule has 9 heteroatoms. The fraction of sp³-hybridized carbons (Fsp3) is 0.278. The van der Waals surface area contributed by atoms with Crippen molar-refractivity contribution in [1.82, 2.24) is 5.32 Å². The summed E-state index contributed by atoms with van der Waals surface area (Å²) in [6, 6.07) is 8.87. The van der Waals surface area contributed by atoms with E-state index in [1.807, 2.05) is 0 Å². The monoisotopic (exact) mass is 376 g/mol. The Morgan fingerprint density at radius 2 is 1.59 bits per heavy atom. The smallest absolute Gasteiger partial charge is 0.269 e. The molecule has 0 aliphatic carbocycles. The maximum absolute atomic E-state index is 12.0. The molecule has 0 saturated heterocycles. The zero-order valence-corrected chi connectivity index (χ0v) is 15.2. The van der Waals surface area contributed by atoms with Gasteiger partial charge < -0.3 is 24.3 Å². The maximum atomic E-state index is 12.0. The summed E-state index contributed by atoms with van der Waals surface area (Å²) in [5.41, 5.74) is 0.659. The SMILES string of the molecule is COc1cc(OC)c(OC)cc1CNC(=O)COc1ccc([N+](=O)[O-])cc1. The predicted octanol–water partition coefficient (Wildman–Crippen LogP) is 2.32. The molecule has 0 aliphatic rings. The molecular weight excluding hydrogens is 356 g/mol. The van der Waals surface area contributed by atoms with E-state index in [1.165, 1.54) is 45.6 Å². The van der Waals surface area contributed by atoms with Gasteiger partial charge in [0.05, 0.1) is 26.3 Å². The van der Waals surface area contributed by atoms with Gasteiger partial charge in [0.2, 0.25) is 0 Å². The van der Waals surface area contributed by atoms with Gasteiger partial charge in [0.1, 0.15) is 11.5 Å². The molecule has 0 aromatic heterocycles. The van der Waals surface area contributed by atoms with Gasteiger partial charge in [-0.1, -0.05) is 0 Å². The molecule has 2 aromatic carbocycles. The number of nitrogens with zero attached hydrogens (tertiary/aromatic N) is 1. The highest BCUT2D eigenvalue weighted by Crippen LogP contribution is 2.34. The van der Waals surface area contributed by atoms with Crippen LogP contribution >= 0.6 is 0 Å². The number of hydrogen-bond acceptors (Lipinski definition) is 7. The van der Waals surface area contributed by atoms with Gasteiger partial charge >= 0.3 is 0 Å². The van der Waals surface area contributed by atoms with Crippen LogP contribution in [0.4, 0.5) is 5.69 Å². The molecule has 9 nitrogen and oxygen atoms in total. The molecule has 27 heavy (non-hydrogen) atoms. The quantitative estimate of drug-likeness (QED) is 0.528. The van der Waals surface area contributed by atoms with Crippen LogP contribution in [-0.2, 0) is 11.3 Å². The number of nitro groups is 1. The first-order valence-electron chi connectivity index (χ1n) is 7.91. The minimum atomic E-state index is -0.507. The summed E-state index contributed by atoms with van der Waals surface area (Å²) in [5, 5.41) is 13.3. The lowest BCUT2D eigenvalue weighted by Gasteiger charge is -2.14. The number of methoxy groups -OCH3 is 3. The zero-order valence-electron chi connectivity index (χ0n) is 15.2. The van der Waals surface area contributed by atoms with Gasteiger partial charge in [0.15, 0.2) is 18.1 Å². The number of rotatable bonds is 9. The molecule has 0 radical (unpaired) electrons. The van der Waals surface area contributed by atoms with Crippen LogP contribution in [0.1, 0.15) is 5.56 Å². The lowest BCUT2D eigenvalue weighted by molar-refractivity contribution is -0.384. The van der Waals surface area contributed by atoms with E-state index in [1.54, 1.807) is 12.1 Å². The zero-order chi connectivity index (χ0) is 19.8. The summed E-state index contributed by atoms with van der Waals surface area (Å²) in [6.07, 6.45) is 0. The summed E-state index contributed by atoms with van der Waals surface area (Å²) >= 11 is 0. The van der Waals surface area contributed by atoms with Gasteiger partial charge in [-0.25, -0.2) is 0 Å². The molecule has 0 spiro atoms. The van der Waals surface area contributed by atoms with Gasteiger partial charge in [-0.05, 0) is 18.2 Å². The van der Waals surface area contributed by atoms with Crippen molar-refractivity contribution >= 4 is 11.6 Å². The normalized spacial score (nSPS) is 10.0.